The van der Waals surface area contributed by atoms with Gasteiger partial charge in [0.05, 0.1) is 0 Å². The van der Waals surface area contributed by atoms with Gasteiger partial charge >= 0.3 is 0 Å². The fourth-order valence-electron chi connectivity index (χ4n) is 2.51. The topological polar surface area (TPSA) is 34.0 Å². The maximum absolute atomic E-state index is 4.33. The Bertz CT molecular complexity index is 665. The number of thioether (sulfide) groups is 2. The van der Waals surface area contributed by atoms with Crippen molar-refractivity contribution in [2.75, 3.05) is 5.01 Å². The van der Waals surface area contributed by atoms with Gasteiger partial charge in [0.15, 0.2) is 5.82 Å². The fourth-order valence-corrected chi connectivity index (χ4v) is 4.76. The van der Waals surface area contributed by atoms with E-state index in [9.17, 15) is 0 Å². The van der Waals surface area contributed by atoms with Crippen molar-refractivity contribution < 1.29 is 0 Å². The first-order valence-electron chi connectivity index (χ1n) is 6.70. The van der Waals surface area contributed by atoms with Crippen LogP contribution in [-0.2, 0) is 6.42 Å². The molecule has 0 radical (unpaired) electrons. The Morgan fingerprint density at radius 2 is 2.05 bits per heavy atom. The van der Waals surface area contributed by atoms with Crippen molar-refractivity contribution in [3.05, 3.63) is 52.2 Å². The van der Waals surface area contributed by atoms with Crippen molar-refractivity contribution in [1.82, 2.24) is 14.9 Å². The number of fused-ring (bicyclic) bond motifs is 3. The molecular weight excluding hydrogens is 288 g/mol. The van der Waals surface area contributed by atoms with Gasteiger partial charge in [0, 0.05) is 11.8 Å². The zero-order valence-electron chi connectivity index (χ0n) is 11.1. The normalized spacial score (nSPS) is 19.9. The highest BCUT2D eigenvalue weighted by Gasteiger charge is 2.39. The summed E-state index contributed by atoms with van der Waals surface area (Å²) in [5, 5.41) is 15.7. The van der Waals surface area contributed by atoms with Gasteiger partial charge in [-0.25, -0.2) is 4.68 Å². The lowest BCUT2D eigenvalue weighted by atomic mass is 10.2. The van der Waals surface area contributed by atoms with Crippen LogP contribution in [0.25, 0.3) is 0 Å². The molecule has 4 nitrogen and oxygen atoms in total. The molecule has 4 rings (SSSR count). The van der Waals surface area contributed by atoms with Gasteiger partial charge in [0.25, 0.3) is 0 Å². The maximum Gasteiger partial charge on any atom is 0.216 e. The molecule has 3 heterocycles. The molecule has 0 N–H and O–H groups in total. The predicted molar refractivity (Wildman–Crippen MR) is 82.9 cm³/mol. The molecule has 0 saturated heterocycles. The van der Waals surface area contributed by atoms with E-state index in [2.05, 4.69) is 62.5 Å². The van der Waals surface area contributed by atoms with Crippen LogP contribution in [0.1, 0.15) is 30.1 Å². The van der Waals surface area contributed by atoms with Crippen LogP contribution < -0.4 is 5.01 Å². The Hall–Kier alpha value is -1.40. The lowest BCUT2D eigenvalue weighted by molar-refractivity contribution is 0.598. The lowest BCUT2D eigenvalue weighted by Gasteiger charge is -2.25. The van der Waals surface area contributed by atoms with Gasteiger partial charge in [0.1, 0.15) is 10.4 Å². The maximum atomic E-state index is 4.33. The summed E-state index contributed by atoms with van der Waals surface area (Å²) in [4.78, 5) is 0. The number of hydrogen-bond donors (Lipinski definition) is 0. The van der Waals surface area contributed by atoms with Crippen LogP contribution in [0.15, 0.2) is 45.9 Å². The van der Waals surface area contributed by atoms with Gasteiger partial charge in [0.2, 0.25) is 5.16 Å². The summed E-state index contributed by atoms with van der Waals surface area (Å²) in [7, 11) is 0. The predicted octanol–water partition coefficient (Wildman–Crippen LogP) is 3.52. The van der Waals surface area contributed by atoms with Crippen LogP contribution in [0.2, 0.25) is 0 Å². The van der Waals surface area contributed by atoms with Crippen molar-refractivity contribution in [2.24, 2.45) is 0 Å². The van der Waals surface area contributed by atoms with E-state index in [0.717, 1.165) is 23.8 Å². The Morgan fingerprint density at radius 3 is 2.85 bits per heavy atom. The first-order chi connectivity index (χ1) is 9.88. The van der Waals surface area contributed by atoms with E-state index in [-0.39, 0.29) is 5.37 Å². The van der Waals surface area contributed by atoms with Crippen molar-refractivity contribution in [2.45, 2.75) is 30.3 Å². The summed E-state index contributed by atoms with van der Waals surface area (Å²) in [6.07, 6.45) is 2.04. The van der Waals surface area contributed by atoms with Gasteiger partial charge in [-0.05, 0) is 23.7 Å². The Morgan fingerprint density at radius 1 is 1.20 bits per heavy atom. The lowest BCUT2D eigenvalue weighted by Crippen LogP contribution is -2.30. The number of hydrogen-bond acceptors (Lipinski definition) is 5. The number of aryl methyl sites for hydroxylation is 1. The number of rotatable bonds is 3. The second-order valence-electron chi connectivity index (χ2n) is 4.76. The van der Waals surface area contributed by atoms with E-state index in [0.29, 0.717) is 0 Å². The Labute approximate surface area is 126 Å². The highest BCUT2D eigenvalue weighted by Crippen LogP contribution is 2.51. The van der Waals surface area contributed by atoms with Gasteiger partial charge < -0.3 is 0 Å². The minimum atomic E-state index is 0.284. The molecule has 2 aliphatic rings. The summed E-state index contributed by atoms with van der Waals surface area (Å²) in [5.41, 5.74) is 1.31. The average Bonchev–Trinajstić information content (AvgIpc) is 3.12. The quantitative estimate of drug-likeness (QED) is 0.866. The number of aromatic nitrogens is 3. The van der Waals surface area contributed by atoms with E-state index in [1.165, 1.54) is 10.6 Å². The standard InChI is InChI=1S/C14H14N4S2/c1-2-6-11-15-16-14-17(11)18-12(20-14)9-19-13(18)10-7-4-3-5-8-10/h3-5,7-9,13H,2,6H2,1H3. The monoisotopic (exact) mass is 302 g/mol. The molecule has 0 bridgehead atoms. The molecule has 102 valence electrons. The molecule has 1 unspecified atom stereocenters. The first-order valence-corrected chi connectivity index (χ1v) is 8.46. The summed E-state index contributed by atoms with van der Waals surface area (Å²) in [6, 6.07) is 10.6. The van der Waals surface area contributed by atoms with Crippen LogP contribution in [0.4, 0.5) is 0 Å². The van der Waals surface area contributed by atoms with Gasteiger partial charge in [-0.15, -0.1) is 10.2 Å². The van der Waals surface area contributed by atoms with E-state index < -0.39 is 0 Å². The van der Waals surface area contributed by atoms with Gasteiger partial charge in [-0.2, -0.15) is 0 Å². The zero-order valence-corrected chi connectivity index (χ0v) is 12.7. The number of benzene rings is 1. The van der Waals surface area contributed by atoms with Gasteiger partial charge in [-0.3, -0.25) is 5.01 Å². The molecule has 0 fully saturated rings. The third-order valence-electron chi connectivity index (χ3n) is 3.39. The highest BCUT2D eigenvalue weighted by atomic mass is 32.2. The van der Waals surface area contributed by atoms with Crippen LogP contribution in [0.5, 0.6) is 0 Å². The molecule has 1 aromatic heterocycles. The second kappa shape index (κ2) is 4.86. The average molecular weight is 302 g/mol. The van der Waals surface area contributed by atoms with Crippen LogP contribution in [0.3, 0.4) is 0 Å². The third-order valence-corrected chi connectivity index (χ3v) is 5.58. The van der Waals surface area contributed by atoms with E-state index in [4.69, 9.17) is 0 Å². The largest absolute Gasteiger partial charge is 0.252 e. The molecule has 0 aliphatic carbocycles. The first kappa shape index (κ1) is 12.3. The van der Waals surface area contributed by atoms with E-state index >= 15 is 0 Å². The summed E-state index contributed by atoms with van der Waals surface area (Å²) >= 11 is 3.56. The molecule has 0 spiro atoms. The molecule has 0 saturated carbocycles. The molecule has 2 aliphatic heterocycles. The zero-order chi connectivity index (χ0) is 13.5. The van der Waals surface area contributed by atoms with Gasteiger partial charge in [-0.1, -0.05) is 49.0 Å². The molecule has 0 amide bonds. The van der Waals surface area contributed by atoms with Crippen LogP contribution in [-0.4, -0.2) is 14.9 Å². The fraction of sp³-hybridized carbons (Fsp3) is 0.286. The Kier molecular flexibility index (Phi) is 3.00. The number of nitrogens with zero attached hydrogens (tertiary/aromatic N) is 4. The highest BCUT2D eigenvalue weighted by molar-refractivity contribution is 8.07. The van der Waals surface area contributed by atoms with E-state index in [1.807, 2.05) is 11.8 Å². The van der Waals surface area contributed by atoms with Crippen molar-refractivity contribution in [3.63, 3.8) is 0 Å². The SMILES string of the molecule is CCCc1nnc2n1N1C(=CSC1c1ccccc1)S2. The molecule has 20 heavy (non-hydrogen) atoms. The summed E-state index contributed by atoms with van der Waals surface area (Å²) in [5.74, 6) is 1.06. The van der Waals surface area contributed by atoms with Crippen LogP contribution >= 0.6 is 23.5 Å². The van der Waals surface area contributed by atoms with Crippen molar-refractivity contribution >= 4 is 23.5 Å². The Balaban J connectivity index is 1.75. The molecule has 1 aromatic carbocycles. The summed E-state index contributed by atoms with van der Waals surface area (Å²) < 4.78 is 2.19. The molecular formula is C14H14N4S2. The minimum Gasteiger partial charge on any atom is -0.252 e. The minimum absolute atomic E-state index is 0.284. The van der Waals surface area contributed by atoms with Crippen molar-refractivity contribution in [1.29, 1.82) is 0 Å². The van der Waals surface area contributed by atoms with Crippen molar-refractivity contribution in [3.8, 4) is 0 Å². The van der Waals surface area contributed by atoms with E-state index in [1.54, 1.807) is 11.8 Å². The molecule has 6 heteroatoms. The third kappa shape index (κ3) is 1.78. The molecule has 1 atom stereocenters. The second-order valence-corrected chi connectivity index (χ2v) is 6.70. The smallest absolute Gasteiger partial charge is 0.216 e. The molecule has 2 aromatic rings. The summed E-state index contributed by atoms with van der Waals surface area (Å²) in [6.45, 7) is 2.17. The van der Waals surface area contributed by atoms with Crippen LogP contribution in [0, 0.1) is 0 Å².